The van der Waals surface area contributed by atoms with Crippen molar-refractivity contribution in [2.75, 3.05) is 60.4 Å². The maximum atomic E-state index is 14.8. The van der Waals surface area contributed by atoms with E-state index in [0.717, 1.165) is 11.1 Å². The predicted molar refractivity (Wildman–Crippen MR) is 309 cm³/mol. The fourth-order valence-corrected chi connectivity index (χ4v) is 10.6. The highest BCUT2D eigenvalue weighted by Gasteiger charge is 2.44. The number of esters is 1. The van der Waals surface area contributed by atoms with Crippen molar-refractivity contribution >= 4 is 53.1 Å². The lowest BCUT2D eigenvalue weighted by atomic mass is 9.89. The lowest BCUT2D eigenvalue weighted by Gasteiger charge is -2.41. The molecule has 0 radical (unpaired) electrons. The number of benzene rings is 2. The normalized spacial score (nSPS) is 17.3. The van der Waals surface area contributed by atoms with Crippen LogP contribution in [0.1, 0.15) is 112 Å². The minimum Gasteiger partial charge on any atom is -0.467 e. The summed E-state index contributed by atoms with van der Waals surface area (Å²) < 4.78 is 17.1. The zero-order valence-electron chi connectivity index (χ0n) is 50.0. The van der Waals surface area contributed by atoms with Crippen LogP contribution in [0.15, 0.2) is 54.6 Å². The van der Waals surface area contributed by atoms with Gasteiger partial charge in [-0.2, -0.15) is 0 Å². The Hall–Kier alpha value is -6.16. The number of carbonyl (C=O) groups is 8. The van der Waals surface area contributed by atoms with E-state index in [-0.39, 0.29) is 67.2 Å². The number of nitrogens with one attached hydrogen (secondary N) is 5. The van der Waals surface area contributed by atoms with Crippen LogP contribution in [0, 0.1) is 29.6 Å². The van der Waals surface area contributed by atoms with E-state index in [4.69, 9.17) is 25.7 Å². The average Bonchev–Trinajstić information content (AvgIpc) is 3.97. The van der Waals surface area contributed by atoms with Gasteiger partial charge in [-0.05, 0) is 86.1 Å². The van der Waals surface area contributed by atoms with Gasteiger partial charge in [-0.15, -0.1) is 0 Å². The summed E-state index contributed by atoms with van der Waals surface area (Å²) in [5.74, 6) is -4.13. The Labute approximate surface area is 475 Å². The van der Waals surface area contributed by atoms with Gasteiger partial charge in [0.2, 0.25) is 35.4 Å². The first-order chi connectivity index (χ1) is 37.8. The number of primary amides is 1. The number of rotatable bonds is 33. The number of hydrogen-bond donors (Lipinski definition) is 7. The van der Waals surface area contributed by atoms with Gasteiger partial charge >= 0.3 is 12.0 Å². The Morgan fingerprint density at radius 1 is 0.750 bits per heavy atom. The number of ether oxygens (including phenoxy) is 3. The summed E-state index contributed by atoms with van der Waals surface area (Å²) in [6.07, 6.45) is 1.89. The van der Waals surface area contributed by atoms with Gasteiger partial charge in [0.05, 0.1) is 55.8 Å². The van der Waals surface area contributed by atoms with Crippen LogP contribution >= 0.6 is 0 Å². The molecule has 0 spiro atoms. The number of nitrogens with zero attached hydrogens (tertiary/aromatic N) is 3. The standard InChI is InChI=1S/C59H96N10O11/c1-15-38(8)51(46(78-12)34-47(70)69-31-20-24-45(69)52(79-13)39(9)53(71)65-44(58(76)80-14)33-41-21-17-16-18-22-41)68(11)57(75)49(36(4)5)66-56(74)50(37(6)7)67(10)32-29-40-25-27-42(28-26-40)63-54(72)43(23-19-30-62-59(61)77)64-55(73)48(60)35(2)3/h16-18,21-22,25-28,35-39,43-46,48-52H,15,19-20,23-24,29-34,60H2,1-14H3,(H,63,72)(H,64,73)(H,65,71)(H,66,74)(H3,61,62,77)/t38-,39+,43-,44-,45-,46+,48-,49-,50-,51-,52+/m0/s1. The number of hydrogen-bond acceptors (Lipinski definition) is 13. The number of likely N-dealkylation sites (tertiary alicyclic amines) is 1. The lowest BCUT2D eigenvalue weighted by Crippen LogP contribution is -2.60. The zero-order chi connectivity index (χ0) is 60.0. The summed E-state index contributed by atoms with van der Waals surface area (Å²) in [4.78, 5) is 113. The topological polar surface area (TPSA) is 286 Å². The first kappa shape index (κ1) is 68.1. The highest BCUT2D eigenvalue weighted by atomic mass is 16.5. The molecule has 2 aromatic carbocycles. The minimum atomic E-state index is -0.928. The van der Waals surface area contributed by atoms with Crippen LogP contribution in [-0.4, -0.2) is 172 Å². The minimum absolute atomic E-state index is 0.0540. The number of urea groups is 1. The van der Waals surface area contributed by atoms with E-state index in [1.807, 2.05) is 110 Å². The summed E-state index contributed by atoms with van der Waals surface area (Å²) in [6, 6.07) is 10.8. The van der Waals surface area contributed by atoms with Crippen molar-refractivity contribution in [3.8, 4) is 0 Å². The molecule has 3 rings (SSSR count). The monoisotopic (exact) mass is 1120 g/mol. The molecular formula is C59H96N10O11. The Morgan fingerprint density at radius 3 is 1.94 bits per heavy atom. The molecule has 11 atom stereocenters. The third kappa shape index (κ3) is 20.1. The van der Waals surface area contributed by atoms with Gasteiger partial charge in [-0.1, -0.05) is 111 Å². The molecule has 1 heterocycles. The van der Waals surface area contributed by atoms with E-state index in [1.165, 1.54) is 21.3 Å². The van der Waals surface area contributed by atoms with Crippen molar-refractivity contribution in [1.29, 1.82) is 0 Å². The number of methoxy groups -OCH3 is 3. The summed E-state index contributed by atoms with van der Waals surface area (Å²) >= 11 is 0. The Bertz CT molecular complexity index is 2300. The number of amides is 8. The largest absolute Gasteiger partial charge is 0.467 e. The smallest absolute Gasteiger partial charge is 0.328 e. The molecule has 1 aliphatic heterocycles. The number of carbonyl (C=O) groups excluding carboxylic acids is 8. The molecule has 0 bridgehead atoms. The Morgan fingerprint density at radius 2 is 1.39 bits per heavy atom. The van der Waals surface area contributed by atoms with Gasteiger partial charge in [0.15, 0.2) is 0 Å². The van der Waals surface area contributed by atoms with Gasteiger partial charge in [-0.25, -0.2) is 9.59 Å². The SMILES string of the molecule is CC[C@H](C)[C@@H]([C@@H](CC(=O)N1CCC[C@H]1[C@H](OC)[C@@H](C)C(=O)N[C@@H](Cc1ccccc1)C(=O)OC)OC)N(C)C(=O)[C@@H](NC(=O)[C@H](C(C)C)N(C)CCc1ccc(NC(=O)[C@H](CCCNC(N)=O)NC(=O)[C@@H](N)C(C)C)cc1)C(C)C. The van der Waals surface area contributed by atoms with Gasteiger partial charge < -0.3 is 62.1 Å². The van der Waals surface area contributed by atoms with Gasteiger partial charge in [0, 0.05) is 53.0 Å². The van der Waals surface area contributed by atoms with Crippen LogP contribution < -0.4 is 38.1 Å². The second-order valence-electron chi connectivity index (χ2n) is 22.5. The predicted octanol–water partition coefficient (Wildman–Crippen LogP) is 4.00. The number of likely N-dealkylation sites (N-methyl/N-ethyl adjacent to an activating group) is 2. The molecule has 0 saturated carbocycles. The molecule has 448 valence electrons. The van der Waals surface area contributed by atoms with Crippen LogP contribution in [0.5, 0.6) is 0 Å². The number of nitrogens with two attached hydrogens (primary N) is 2. The first-order valence-corrected chi connectivity index (χ1v) is 28.3. The summed E-state index contributed by atoms with van der Waals surface area (Å²) in [5.41, 5.74) is 13.6. The molecule has 0 unspecified atom stereocenters. The number of anilines is 1. The quantitative estimate of drug-likeness (QED) is 0.0394. The van der Waals surface area contributed by atoms with Crippen LogP contribution in [0.2, 0.25) is 0 Å². The Balaban J connectivity index is 1.72. The highest BCUT2D eigenvalue weighted by Crippen LogP contribution is 2.30. The highest BCUT2D eigenvalue weighted by molar-refractivity contribution is 5.98. The zero-order valence-corrected chi connectivity index (χ0v) is 50.0. The van der Waals surface area contributed by atoms with Crippen LogP contribution in [-0.2, 0) is 60.6 Å². The van der Waals surface area contributed by atoms with E-state index < -0.39 is 90.1 Å². The van der Waals surface area contributed by atoms with Crippen LogP contribution in [0.25, 0.3) is 0 Å². The molecule has 1 aliphatic rings. The lowest BCUT2D eigenvalue weighted by molar-refractivity contribution is -0.149. The fourth-order valence-electron chi connectivity index (χ4n) is 10.6. The maximum Gasteiger partial charge on any atom is 0.328 e. The Kier molecular flexibility index (Phi) is 28.6. The van der Waals surface area contributed by atoms with Gasteiger partial charge in [0.25, 0.3) is 0 Å². The van der Waals surface area contributed by atoms with E-state index in [2.05, 4.69) is 26.6 Å². The molecule has 21 heteroatoms. The van der Waals surface area contributed by atoms with Gasteiger partial charge in [0.1, 0.15) is 18.1 Å². The van der Waals surface area contributed by atoms with Crippen LogP contribution in [0.3, 0.4) is 0 Å². The summed E-state index contributed by atoms with van der Waals surface area (Å²) in [7, 11) is 7.90. The molecular weight excluding hydrogens is 1020 g/mol. The van der Waals surface area contributed by atoms with Crippen molar-refractivity contribution in [2.45, 2.75) is 168 Å². The second-order valence-corrected chi connectivity index (χ2v) is 22.5. The summed E-state index contributed by atoms with van der Waals surface area (Å²) in [6.45, 7) is 18.2. The van der Waals surface area contributed by atoms with Gasteiger partial charge in [-0.3, -0.25) is 33.7 Å². The average molecular weight is 1120 g/mol. The molecule has 80 heavy (non-hydrogen) atoms. The molecule has 0 aromatic heterocycles. The maximum absolute atomic E-state index is 14.8. The van der Waals surface area contributed by atoms with E-state index in [9.17, 15) is 38.4 Å². The van der Waals surface area contributed by atoms with Crippen molar-refractivity contribution < 1.29 is 52.6 Å². The van der Waals surface area contributed by atoms with Crippen LogP contribution in [0.4, 0.5) is 10.5 Å². The second kappa shape index (κ2) is 33.6. The van der Waals surface area contributed by atoms with E-state index in [1.54, 1.807) is 35.9 Å². The van der Waals surface area contributed by atoms with E-state index in [0.29, 0.717) is 50.9 Å². The molecule has 8 amide bonds. The van der Waals surface area contributed by atoms with Crippen molar-refractivity contribution in [3.05, 3.63) is 65.7 Å². The molecule has 1 fully saturated rings. The summed E-state index contributed by atoms with van der Waals surface area (Å²) in [5, 5.41) is 14.1. The van der Waals surface area contributed by atoms with E-state index >= 15 is 0 Å². The van der Waals surface area contributed by atoms with Crippen molar-refractivity contribution in [2.24, 2.45) is 41.1 Å². The molecule has 21 nitrogen and oxygen atoms in total. The fraction of sp³-hybridized carbons (Fsp3) is 0.661. The van der Waals surface area contributed by atoms with Crippen molar-refractivity contribution in [1.82, 2.24) is 36.0 Å². The molecule has 0 aliphatic carbocycles. The molecule has 1 saturated heterocycles. The third-order valence-corrected chi connectivity index (χ3v) is 15.5. The first-order valence-electron chi connectivity index (χ1n) is 28.3. The van der Waals surface area contributed by atoms with Crippen molar-refractivity contribution in [3.63, 3.8) is 0 Å². The molecule has 2 aromatic rings. The molecule has 9 N–H and O–H groups in total. The third-order valence-electron chi connectivity index (χ3n) is 15.5.